The molecule has 0 aromatic rings. The summed E-state index contributed by atoms with van der Waals surface area (Å²) in [6, 6.07) is 1.55. The molecule has 0 aliphatic carbocycles. The third-order valence-corrected chi connectivity index (χ3v) is 4.68. The van der Waals surface area contributed by atoms with E-state index in [2.05, 4.69) is 31.0 Å². The second kappa shape index (κ2) is 5.50. The van der Waals surface area contributed by atoms with Crippen molar-refractivity contribution in [3.05, 3.63) is 0 Å². The molecule has 4 atom stereocenters. The van der Waals surface area contributed by atoms with Gasteiger partial charge < -0.3 is 10.2 Å². The zero-order chi connectivity index (χ0) is 11.5. The van der Waals surface area contributed by atoms with Gasteiger partial charge in [0.15, 0.2) is 0 Å². The Bertz CT molecular complexity index is 201. The van der Waals surface area contributed by atoms with Gasteiger partial charge in [0.05, 0.1) is 0 Å². The number of hydrogen-bond acceptors (Lipinski definition) is 2. The zero-order valence-electron chi connectivity index (χ0n) is 11.2. The Kier molecular flexibility index (Phi) is 4.26. The predicted molar refractivity (Wildman–Crippen MR) is 69.6 cm³/mol. The molecule has 0 bridgehead atoms. The van der Waals surface area contributed by atoms with E-state index in [-0.39, 0.29) is 0 Å². The molecule has 0 aromatic heterocycles. The van der Waals surface area contributed by atoms with Gasteiger partial charge in [0, 0.05) is 25.2 Å². The third kappa shape index (κ3) is 2.98. The number of rotatable bonds is 3. The fraction of sp³-hybridized carbons (Fsp3) is 1.00. The second-order valence-electron chi connectivity index (χ2n) is 6.14. The largest absolute Gasteiger partial charge is 0.314 e. The first kappa shape index (κ1) is 12.4. The van der Waals surface area contributed by atoms with Gasteiger partial charge in [0.2, 0.25) is 0 Å². The van der Waals surface area contributed by atoms with E-state index in [1.807, 2.05) is 0 Å². The minimum Gasteiger partial charge on any atom is -0.314 e. The van der Waals surface area contributed by atoms with Crippen LogP contribution in [-0.2, 0) is 0 Å². The first-order valence-electron chi connectivity index (χ1n) is 7.14. The predicted octanol–water partition coefficient (Wildman–Crippen LogP) is 2.49. The van der Waals surface area contributed by atoms with E-state index in [0.29, 0.717) is 0 Å². The fourth-order valence-electron chi connectivity index (χ4n) is 3.22. The fourth-order valence-corrected chi connectivity index (χ4v) is 3.22. The molecule has 2 aliphatic rings. The van der Waals surface area contributed by atoms with Crippen LogP contribution >= 0.6 is 0 Å². The molecule has 0 amide bonds. The lowest BCUT2D eigenvalue weighted by Crippen LogP contribution is -2.41. The van der Waals surface area contributed by atoms with Crippen LogP contribution in [0.4, 0.5) is 0 Å². The SMILES string of the molecule is CC1CN(C(C)CC2CCCCN2)CC1C. The molecule has 2 rings (SSSR count). The smallest absolute Gasteiger partial charge is 0.00819 e. The molecule has 16 heavy (non-hydrogen) atoms. The quantitative estimate of drug-likeness (QED) is 0.792. The third-order valence-electron chi connectivity index (χ3n) is 4.68. The van der Waals surface area contributed by atoms with Gasteiger partial charge in [0.1, 0.15) is 0 Å². The maximum atomic E-state index is 3.67. The number of nitrogens with zero attached hydrogens (tertiary/aromatic N) is 1. The number of nitrogens with one attached hydrogen (secondary N) is 1. The van der Waals surface area contributed by atoms with Crippen molar-refractivity contribution < 1.29 is 0 Å². The molecule has 0 spiro atoms. The van der Waals surface area contributed by atoms with Crippen molar-refractivity contribution in [2.75, 3.05) is 19.6 Å². The van der Waals surface area contributed by atoms with Gasteiger partial charge >= 0.3 is 0 Å². The molecule has 0 radical (unpaired) electrons. The number of hydrogen-bond donors (Lipinski definition) is 1. The van der Waals surface area contributed by atoms with Crippen molar-refractivity contribution in [2.45, 2.75) is 58.5 Å². The van der Waals surface area contributed by atoms with Crippen LogP contribution in [0.1, 0.15) is 46.5 Å². The van der Waals surface area contributed by atoms with Crippen molar-refractivity contribution in [3.63, 3.8) is 0 Å². The van der Waals surface area contributed by atoms with Gasteiger partial charge in [-0.2, -0.15) is 0 Å². The molecule has 2 saturated heterocycles. The molecular weight excluding hydrogens is 196 g/mol. The molecule has 2 heteroatoms. The minimum absolute atomic E-state index is 0.767. The van der Waals surface area contributed by atoms with Gasteiger partial charge in [-0.25, -0.2) is 0 Å². The Balaban J connectivity index is 1.76. The van der Waals surface area contributed by atoms with Crippen LogP contribution < -0.4 is 5.32 Å². The van der Waals surface area contributed by atoms with Crippen LogP contribution in [0.25, 0.3) is 0 Å². The Hall–Kier alpha value is -0.0800. The summed E-state index contributed by atoms with van der Waals surface area (Å²) in [4.78, 5) is 2.70. The Labute approximate surface area is 101 Å². The van der Waals surface area contributed by atoms with Crippen LogP contribution in [0.3, 0.4) is 0 Å². The molecule has 4 unspecified atom stereocenters. The number of piperidine rings is 1. The van der Waals surface area contributed by atoms with E-state index in [9.17, 15) is 0 Å². The summed E-state index contributed by atoms with van der Waals surface area (Å²) in [5, 5.41) is 3.67. The van der Waals surface area contributed by atoms with Gasteiger partial charge in [-0.15, -0.1) is 0 Å². The normalized spacial score (nSPS) is 38.8. The van der Waals surface area contributed by atoms with Crippen molar-refractivity contribution in [1.29, 1.82) is 0 Å². The van der Waals surface area contributed by atoms with E-state index < -0.39 is 0 Å². The summed E-state index contributed by atoms with van der Waals surface area (Å²) in [7, 11) is 0. The lowest BCUT2D eigenvalue weighted by atomic mass is 9.98. The van der Waals surface area contributed by atoms with Gasteiger partial charge in [-0.1, -0.05) is 20.3 Å². The Morgan fingerprint density at radius 3 is 2.44 bits per heavy atom. The molecule has 2 nitrogen and oxygen atoms in total. The molecule has 94 valence electrons. The highest BCUT2D eigenvalue weighted by Crippen LogP contribution is 2.26. The molecule has 2 fully saturated rings. The van der Waals surface area contributed by atoms with Crippen molar-refractivity contribution in [3.8, 4) is 0 Å². The molecular formula is C14H28N2. The van der Waals surface area contributed by atoms with Crippen LogP contribution in [0, 0.1) is 11.8 Å². The summed E-state index contributed by atoms with van der Waals surface area (Å²) in [6.45, 7) is 11.1. The summed E-state index contributed by atoms with van der Waals surface area (Å²) in [6.07, 6.45) is 5.54. The summed E-state index contributed by atoms with van der Waals surface area (Å²) < 4.78 is 0. The van der Waals surface area contributed by atoms with Crippen molar-refractivity contribution in [1.82, 2.24) is 10.2 Å². The molecule has 2 aliphatic heterocycles. The summed E-state index contributed by atoms with van der Waals surface area (Å²) in [5.74, 6) is 1.78. The van der Waals surface area contributed by atoms with Crippen LogP contribution in [-0.4, -0.2) is 36.6 Å². The summed E-state index contributed by atoms with van der Waals surface area (Å²) in [5.41, 5.74) is 0. The lowest BCUT2D eigenvalue weighted by Gasteiger charge is -2.31. The van der Waals surface area contributed by atoms with E-state index in [0.717, 1.165) is 23.9 Å². The number of likely N-dealkylation sites (tertiary alicyclic amines) is 1. The van der Waals surface area contributed by atoms with E-state index in [4.69, 9.17) is 0 Å². The highest BCUT2D eigenvalue weighted by atomic mass is 15.2. The average Bonchev–Trinajstić information content (AvgIpc) is 2.61. The van der Waals surface area contributed by atoms with Crippen LogP contribution in [0.15, 0.2) is 0 Å². The zero-order valence-corrected chi connectivity index (χ0v) is 11.2. The van der Waals surface area contributed by atoms with E-state index >= 15 is 0 Å². The Morgan fingerprint density at radius 1 is 1.19 bits per heavy atom. The van der Waals surface area contributed by atoms with Gasteiger partial charge in [-0.05, 0) is 44.6 Å². The standard InChI is InChI=1S/C14H28N2/c1-11-9-16(10-12(11)2)13(3)8-14-6-4-5-7-15-14/h11-15H,4-10H2,1-3H3. The van der Waals surface area contributed by atoms with E-state index in [1.54, 1.807) is 0 Å². The highest BCUT2D eigenvalue weighted by Gasteiger charge is 2.30. The Morgan fingerprint density at radius 2 is 1.88 bits per heavy atom. The average molecular weight is 224 g/mol. The van der Waals surface area contributed by atoms with Crippen LogP contribution in [0.5, 0.6) is 0 Å². The van der Waals surface area contributed by atoms with E-state index in [1.165, 1.54) is 45.3 Å². The first-order valence-corrected chi connectivity index (χ1v) is 7.14. The topological polar surface area (TPSA) is 15.3 Å². The monoisotopic (exact) mass is 224 g/mol. The highest BCUT2D eigenvalue weighted by molar-refractivity contribution is 4.85. The minimum atomic E-state index is 0.767. The molecule has 0 aromatic carbocycles. The maximum Gasteiger partial charge on any atom is 0.00819 e. The molecule has 1 N–H and O–H groups in total. The van der Waals surface area contributed by atoms with Gasteiger partial charge in [0.25, 0.3) is 0 Å². The first-order chi connectivity index (χ1) is 7.66. The second-order valence-corrected chi connectivity index (χ2v) is 6.14. The van der Waals surface area contributed by atoms with Crippen molar-refractivity contribution in [2.24, 2.45) is 11.8 Å². The molecule has 0 saturated carbocycles. The lowest BCUT2D eigenvalue weighted by molar-refractivity contribution is 0.208. The molecule has 2 heterocycles. The summed E-state index contributed by atoms with van der Waals surface area (Å²) >= 11 is 0. The van der Waals surface area contributed by atoms with Crippen LogP contribution in [0.2, 0.25) is 0 Å². The van der Waals surface area contributed by atoms with Gasteiger partial charge in [-0.3, -0.25) is 0 Å². The maximum absolute atomic E-state index is 3.67. The van der Waals surface area contributed by atoms with Crippen molar-refractivity contribution >= 4 is 0 Å².